The average Bonchev–Trinajstić information content (AvgIpc) is 3.32. The van der Waals surface area contributed by atoms with Gasteiger partial charge in [-0.1, -0.05) is 30.2 Å². The molecule has 2 aliphatic rings. The largest absolute Gasteiger partial charge is 0.481 e. The summed E-state index contributed by atoms with van der Waals surface area (Å²) in [4.78, 5) is 25.7. The van der Waals surface area contributed by atoms with Crippen LogP contribution in [-0.4, -0.2) is 88.0 Å². The van der Waals surface area contributed by atoms with Gasteiger partial charge in [0.15, 0.2) is 5.65 Å². The number of morpholine rings is 1. The predicted molar refractivity (Wildman–Crippen MR) is 140 cm³/mol. The summed E-state index contributed by atoms with van der Waals surface area (Å²) in [6, 6.07) is 9.49. The highest BCUT2D eigenvalue weighted by Crippen LogP contribution is 2.28. The molecular weight excluding hydrogens is 470 g/mol. The second kappa shape index (κ2) is 11.9. The van der Waals surface area contributed by atoms with E-state index in [1.165, 1.54) is 6.33 Å². The molecule has 5 rings (SSSR count). The van der Waals surface area contributed by atoms with Crippen molar-refractivity contribution in [2.75, 3.05) is 58.3 Å². The van der Waals surface area contributed by atoms with Crippen molar-refractivity contribution in [1.82, 2.24) is 29.5 Å². The van der Waals surface area contributed by atoms with Crippen LogP contribution >= 0.6 is 0 Å². The normalized spacial score (nSPS) is 18.6. The Balaban J connectivity index is 1.29. The molecule has 4 heterocycles. The van der Waals surface area contributed by atoms with E-state index in [0.29, 0.717) is 29.1 Å². The highest BCUT2D eigenvalue weighted by molar-refractivity contribution is 5.90. The summed E-state index contributed by atoms with van der Waals surface area (Å²) in [6.45, 7) is 5.51. The highest BCUT2D eigenvalue weighted by atomic mass is 16.5. The minimum Gasteiger partial charge on any atom is -0.481 e. The number of aromatic nitrogens is 4. The molecule has 0 saturated carbocycles. The van der Waals surface area contributed by atoms with Crippen LogP contribution in [-0.2, 0) is 9.53 Å². The lowest BCUT2D eigenvalue weighted by Gasteiger charge is -2.32. The van der Waals surface area contributed by atoms with E-state index in [1.54, 1.807) is 6.08 Å². The number of nitrogens with two attached hydrogens (primary N) is 1. The van der Waals surface area contributed by atoms with E-state index in [4.69, 9.17) is 20.3 Å². The van der Waals surface area contributed by atoms with E-state index in [0.717, 1.165) is 58.0 Å². The first-order valence-corrected chi connectivity index (χ1v) is 12.6. The molecule has 1 amide bonds. The molecule has 1 atom stereocenters. The van der Waals surface area contributed by atoms with Gasteiger partial charge < -0.3 is 20.1 Å². The van der Waals surface area contributed by atoms with Crippen LogP contribution in [0.2, 0.25) is 0 Å². The Kier molecular flexibility index (Phi) is 7.93. The first kappa shape index (κ1) is 24.7. The van der Waals surface area contributed by atoms with Crippen molar-refractivity contribution in [2.24, 2.45) is 0 Å². The fourth-order valence-corrected chi connectivity index (χ4v) is 4.64. The molecule has 37 heavy (non-hydrogen) atoms. The summed E-state index contributed by atoms with van der Waals surface area (Å²) in [6.07, 6.45) is 6.82. The first-order chi connectivity index (χ1) is 18.2. The highest BCUT2D eigenvalue weighted by Gasteiger charge is 2.27. The van der Waals surface area contributed by atoms with Crippen LogP contribution in [0.25, 0.3) is 11.0 Å². The van der Waals surface area contributed by atoms with Gasteiger partial charge in [0.25, 0.3) is 0 Å². The molecule has 10 heteroatoms. The van der Waals surface area contributed by atoms with Crippen LogP contribution in [0.1, 0.15) is 24.6 Å². The van der Waals surface area contributed by atoms with Crippen LogP contribution < -0.4 is 10.5 Å². The van der Waals surface area contributed by atoms with Crippen molar-refractivity contribution in [1.29, 1.82) is 0 Å². The van der Waals surface area contributed by atoms with Crippen LogP contribution in [0.5, 0.6) is 5.75 Å². The Morgan fingerprint density at radius 1 is 1.19 bits per heavy atom. The smallest absolute Gasteiger partial charge is 0.246 e. The van der Waals surface area contributed by atoms with Crippen molar-refractivity contribution in [3.8, 4) is 17.6 Å². The number of amides is 1. The number of piperidine rings is 1. The number of rotatable bonds is 6. The summed E-state index contributed by atoms with van der Waals surface area (Å²) in [5.41, 5.74) is 7.34. The molecule has 10 nitrogen and oxygen atoms in total. The van der Waals surface area contributed by atoms with E-state index in [9.17, 15) is 4.79 Å². The van der Waals surface area contributed by atoms with Gasteiger partial charge in [0.05, 0.1) is 24.6 Å². The lowest BCUT2D eigenvalue weighted by Crippen LogP contribution is -2.40. The van der Waals surface area contributed by atoms with Crippen molar-refractivity contribution < 1.29 is 14.3 Å². The molecule has 0 spiro atoms. The number of fused-ring (bicyclic) bond motifs is 1. The Labute approximate surface area is 216 Å². The van der Waals surface area contributed by atoms with Gasteiger partial charge in [-0.3, -0.25) is 9.69 Å². The summed E-state index contributed by atoms with van der Waals surface area (Å²) in [7, 11) is 0. The van der Waals surface area contributed by atoms with Crippen molar-refractivity contribution in [3.05, 3.63) is 54.5 Å². The predicted octanol–water partition coefficient (Wildman–Crippen LogP) is 1.89. The molecule has 2 saturated heterocycles. The van der Waals surface area contributed by atoms with Gasteiger partial charge in [0.1, 0.15) is 30.2 Å². The fourth-order valence-electron chi connectivity index (χ4n) is 4.64. The number of nitrogen functional groups attached to an aromatic ring is 1. The van der Waals surface area contributed by atoms with E-state index >= 15 is 0 Å². The quantitative estimate of drug-likeness (QED) is 0.403. The van der Waals surface area contributed by atoms with Crippen molar-refractivity contribution in [2.45, 2.75) is 18.9 Å². The Morgan fingerprint density at radius 3 is 2.86 bits per heavy atom. The summed E-state index contributed by atoms with van der Waals surface area (Å²) in [5, 5.41) is 5.39. The third kappa shape index (κ3) is 6.07. The molecule has 2 fully saturated rings. The zero-order valence-corrected chi connectivity index (χ0v) is 20.8. The number of para-hydroxylation sites is 1. The van der Waals surface area contributed by atoms with E-state index in [2.05, 4.69) is 26.7 Å². The molecular formula is C27H31N7O3. The second-order valence-electron chi connectivity index (χ2n) is 9.05. The molecule has 0 unspecified atom stereocenters. The zero-order valence-electron chi connectivity index (χ0n) is 20.8. The Morgan fingerprint density at radius 2 is 2.03 bits per heavy atom. The van der Waals surface area contributed by atoms with Gasteiger partial charge in [0, 0.05) is 38.8 Å². The lowest BCUT2D eigenvalue weighted by atomic mass is 10.1. The number of ether oxygens (including phenoxy) is 2. The van der Waals surface area contributed by atoms with E-state index in [1.807, 2.05) is 46.0 Å². The molecule has 192 valence electrons. The van der Waals surface area contributed by atoms with Gasteiger partial charge in [-0.05, 0) is 30.9 Å². The monoisotopic (exact) mass is 501 g/mol. The molecule has 0 bridgehead atoms. The molecule has 2 aromatic heterocycles. The maximum atomic E-state index is 12.9. The van der Waals surface area contributed by atoms with Gasteiger partial charge in [-0.2, -0.15) is 5.10 Å². The fraction of sp³-hybridized carbons (Fsp3) is 0.407. The van der Waals surface area contributed by atoms with Crippen molar-refractivity contribution in [3.63, 3.8) is 0 Å². The number of carbonyl (C=O) groups is 1. The van der Waals surface area contributed by atoms with E-state index < -0.39 is 0 Å². The lowest BCUT2D eigenvalue weighted by molar-refractivity contribution is -0.127. The first-order valence-electron chi connectivity index (χ1n) is 12.6. The van der Waals surface area contributed by atoms with Gasteiger partial charge in [-0.25, -0.2) is 14.6 Å². The SMILES string of the molecule is Nc1ncnc2c1c(C#CCOc1ccccc1)nn2[C@@H]1CCCN(C(=O)/C=C/CN2CCOCC2)C1. The van der Waals surface area contributed by atoms with Crippen LogP contribution in [0.15, 0.2) is 48.8 Å². The van der Waals surface area contributed by atoms with Gasteiger partial charge >= 0.3 is 0 Å². The number of hydrogen-bond donors (Lipinski definition) is 1. The number of likely N-dealkylation sites (tertiary alicyclic amines) is 1. The maximum absolute atomic E-state index is 12.9. The molecule has 2 N–H and O–H groups in total. The Hall–Kier alpha value is -3.94. The molecule has 0 radical (unpaired) electrons. The van der Waals surface area contributed by atoms with E-state index in [-0.39, 0.29) is 18.6 Å². The van der Waals surface area contributed by atoms with Crippen LogP contribution in [0, 0.1) is 11.8 Å². The second-order valence-corrected chi connectivity index (χ2v) is 9.05. The third-order valence-electron chi connectivity index (χ3n) is 6.56. The minimum absolute atomic E-state index is 0.0154. The summed E-state index contributed by atoms with van der Waals surface area (Å²) in [5.74, 6) is 7.20. The average molecular weight is 502 g/mol. The number of anilines is 1. The zero-order chi connectivity index (χ0) is 25.5. The van der Waals surface area contributed by atoms with Crippen LogP contribution in [0.4, 0.5) is 5.82 Å². The third-order valence-corrected chi connectivity index (χ3v) is 6.56. The number of nitrogens with zero attached hydrogens (tertiary/aromatic N) is 6. The van der Waals surface area contributed by atoms with Gasteiger partial charge in [0.2, 0.25) is 5.91 Å². The molecule has 2 aliphatic heterocycles. The summed E-state index contributed by atoms with van der Waals surface area (Å²) < 4.78 is 12.9. The number of hydrogen-bond acceptors (Lipinski definition) is 8. The molecule has 3 aromatic rings. The molecule has 0 aliphatic carbocycles. The van der Waals surface area contributed by atoms with Crippen LogP contribution in [0.3, 0.4) is 0 Å². The molecule has 1 aromatic carbocycles. The standard InChI is InChI=1S/C27H31N7O3/c28-26-25-23(10-6-16-37-22-8-2-1-3-9-22)31-34(27(25)30-20-29-26)21-7-4-13-33(19-21)24(35)11-5-12-32-14-17-36-18-15-32/h1-3,5,8-9,11,20-21H,4,7,12-19H2,(H2,28,29,30)/b11-5+/t21-/m1/s1. The Bertz CT molecular complexity index is 1310. The number of benzene rings is 1. The van der Waals surface area contributed by atoms with Crippen molar-refractivity contribution >= 4 is 22.8 Å². The number of carbonyl (C=O) groups excluding carboxylic acids is 1. The maximum Gasteiger partial charge on any atom is 0.246 e. The summed E-state index contributed by atoms with van der Waals surface area (Å²) >= 11 is 0. The minimum atomic E-state index is -0.0294. The van der Waals surface area contributed by atoms with Gasteiger partial charge in [-0.15, -0.1) is 0 Å². The topological polar surface area (TPSA) is 112 Å².